The number of aromatic nitrogens is 3. The highest BCUT2D eigenvalue weighted by Gasteiger charge is 2.28. The number of nitrogens with zero attached hydrogens (tertiary/aromatic N) is 3. The summed E-state index contributed by atoms with van der Waals surface area (Å²) >= 11 is 0. The van der Waals surface area contributed by atoms with Crippen LogP contribution in [0.3, 0.4) is 0 Å². The van der Waals surface area contributed by atoms with Gasteiger partial charge in [0.25, 0.3) is 5.91 Å². The molecule has 0 aliphatic carbocycles. The molecule has 4 rings (SSSR count). The van der Waals surface area contributed by atoms with Crippen molar-refractivity contribution < 1.29 is 14.0 Å². The highest BCUT2D eigenvalue weighted by atomic mass is 19.1. The van der Waals surface area contributed by atoms with E-state index in [4.69, 9.17) is 0 Å². The topological polar surface area (TPSA) is 91.0 Å². The Balaban J connectivity index is 1.28. The summed E-state index contributed by atoms with van der Waals surface area (Å²) in [5, 5.41) is 9.93. The number of pyridine rings is 1. The molecule has 2 N–H and O–H groups in total. The zero-order valence-electron chi connectivity index (χ0n) is 16.3. The fraction of sp³-hybridized carbons (Fsp3) is 0.273. The summed E-state index contributed by atoms with van der Waals surface area (Å²) < 4.78 is 13.0. The maximum Gasteiger partial charge on any atom is 0.271 e. The number of benzene rings is 1. The first-order chi connectivity index (χ1) is 14.6. The average molecular weight is 407 g/mol. The molecule has 3 aromatic rings. The van der Waals surface area contributed by atoms with Gasteiger partial charge in [0, 0.05) is 43.5 Å². The molecule has 1 aliphatic heterocycles. The molecule has 0 atom stereocenters. The van der Waals surface area contributed by atoms with Gasteiger partial charge in [-0.1, -0.05) is 12.1 Å². The standard InChI is InChI=1S/C22H22FN5O2/c23-18-3-1-15(2-4-18)14-25-21(29)17-7-11-28(12-8-17)22(30)20-13-19(26-27-20)16-5-9-24-10-6-16/h1-6,9-10,13,17H,7-8,11-12,14H2,(H,25,29)(H,26,27). The van der Waals surface area contributed by atoms with Crippen LogP contribution in [0.25, 0.3) is 11.3 Å². The van der Waals surface area contributed by atoms with E-state index in [1.165, 1.54) is 12.1 Å². The van der Waals surface area contributed by atoms with Crippen LogP contribution in [-0.2, 0) is 11.3 Å². The van der Waals surface area contributed by atoms with E-state index in [0.717, 1.165) is 11.1 Å². The molecule has 8 heteroatoms. The third kappa shape index (κ3) is 4.53. The van der Waals surface area contributed by atoms with Crippen molar-refractivity contribution in [2.24, 2.45) is 5.92 Å². The Bertz CT molecular complexity index is 1010. The van der Waals surface area contributed by atoms with Gasteiger partial charge in [-0.3, -0.25) is 19.7 Å². The second kappa shape index (κ2) is 8.86. The predicted molar refractivity (Wildman–Crippen MR) is 109 cm³/mol. The summed E-state index contributed by atoms with van der Waals surface area (Å²) in [5.74, 6) is -0.586. The summed E-state index contributed by atoms with van der Waals surface area (Å²) in [6, 6.07) is 11.5. The van der Waals surface area contributed by atoms with Crippen LogP contribution >= 0.6 is 0 Å². The lowest BCUT2D eigenvalue weighted by atomic mass is 9.95. The number of aromatic amines is 1. The van der Waals surface area contributed by atoms with Crippen LogP contribution in [0.2, 0.25) is 0 Å². The number of hydrogen-bond acceptors (Lipinski definition) is 4. The van der Waals surface area contributed by atoms with Gasteiger partial charge in [0.1, 0.15) is 11.5 Å². The van der Waals surface area contributed by atoms with Gasteiger partial charge in [-0.15, -0.1) is 0 Å². The van der Waals surface area contributed by atoms with E-state index in [9.17, 15) is 14.0 Å². The second-order valence-corrected chi connectivity index (χ2v) is 7.31. The van der Waals surface area contributed by atoms with Crippen molar-refractivity contribution in [3.05, 3.63) is 71.9 Å². The average Bonchev–Trinajstić information content (AvgIpc) is 3.29. The molecule has 1 aliphatic rings. The SMILES string of the molecule is O=C(NCc1ccc(F)cc1)C1CCN(C(=O)c2cc(-c3ccncc3)n[nH]2)CC1. The van der Waals surface area contributed by atoms with Gasteiger partial charge in [-0.25, -0.2) is 4.39 Å². The van der Waals surface area contributed by atoms with E-state index < -0.39 is 0 Å². The highest BCUT2D eigenvalue weighted by Crippen LogP contribution is 2.21. The Labute approximate surface area is 173 Å². The van der Waals surface area contributed by atoms with Gasteiger partial charge in [-0.2, -0.15) is 5.10 Å². The van der Waals surface area contributed by atoms with Crippen LogP contribution in [0.1, 0.15) is 28.9 Å². The minimum absolute atomic E-state index is 0.0343. The molecular weight excluding hydrogens is 385 g/mol. The number of hydrogen-bond donors (Lipinski definition) is 2. The lowest BCUT2D eigenvalue weighted by Crippen LogP contribution is -2.43. The number of likely N-dealkylation sites (tertiary alicyclic amines) is 1. The Morgan fingerprint density at radius 2 is 1.80 bits per heavy atom. The number of halogens is 1. The number of H-pyrrole nitrogens is 1. The molecule has 1 aromatic carbocycles. The third-order valence-corrected chi connectivity index (χ3v) is 5.32. The number of carbonyl (C=O) groups excluding carboxylic acids is 2. The molecule has 2 aromatic heterocycles. The summed E-state index contributed by atoms with van der Waals surface area (Å²) in [7, 11) is 0. The maximum absolute atomic E-state index is 13.0. The number of rotatable bonds is 5. The number of carbonyl (C=O) groups is 2. The minimum Gasteiger partial charge on any atom is -0.352 e. The normalized spacial score (nSPS) is 14.5. The number of amides is 2. The Kier molecular flexibility index (Phi) is 5.83. The first-order valence-corrected chi connectivity index (χ1v) is 9.87. The number of nitrogens with one attached hydrogen (secondary N) is 2. The van der Waals surface area contributed by atoms with Crippen molar-refractivity contribution in [1.82, 2.24) is 25.4 Å². The lowest BCUT2D eigenvalue weighted by Gasteiger charge is -2.31. The molecule has 1 saturated heterocycles. The maximum atomic E-state index is 13.0. The van der Waals surface area contributed by atoms with E-state index in [1.807, 2.05) is 12.1 Å². The van der Waals surface area contributed by atoms with Gasteiger partial charge in [0.05, 0.1) is 5.69 Å². The van der Waals surface area contributed by atoms with Crippen molar-refractivity contribution in [3.8, 4) is 11.3 Å². The second-order valence-electron chi connectivity index (χ2n) is 7.31. The quantitative estimate of drug-likeness (QED) is 0.680. The van der Waals surface area contributed by atoms with Gasteiger partial charge < -0.3 is 10.2 Å². The molecular formula is C22H22FN5O2. The van der Waals surface area contributed by atoms with Gasteiger partial charge >= 0.3 is 0 Å². The van der Waals surface area contributed by atoms with E-state index in [2.05, 4.69) is 20.5 Å². The van der Waals surface area contributed by atoms with Crippen LogP contribution < -0.4 is 5.32 Å². The molecule has 0 bridgehead atoms. The van der Waals surface area contributed by atoms with E-state index in [0.29, 0.717) is 43.9 Å². The van der Waals surface area contributed by atoms with Gasteiger partial charge in [-0.05, 0) is 48.7 Å². The zero-order chi connectivity index (χ0) is 20.9. The molecule has 7 nitrogen and oxygen atoms in total. The summed E-state index contributed by atoms with van der Waals surface area (Å²) in [5.41, 5.74) is 2.86. The predicted octanol–water partition coefficient (Wildman–Crippen LogP) is 2.78. The third-order valence-electron chi connectivity index (χ3n) is 5.32. The van der Waals surface area contributed by atoms with Crippen molar-refractivity contribution in [2.75, 3.05) is 13.1 Å². The van der Waals surface area contributed by atoms with Crippen molar-refractivity contribution in [1.29, 1.82) is 0 Å². The summed E-state index contributed by atoms with van der Waals surface area (Å²) in [6.45, 7) is 1.39. The van der Waals surface area contributed by atoms with Crippen LogP contribution in [-0.4, -0.2) is 45.0 Å². The van der Waals surface area contributed by atoms with Crippen LogP contribution in [0, 0.1) is 11.7 Å². The van der Waals surface area contributed by atoms with Crippen molar-refractivity contribution in [3.63, 3.8) is 0 Å². The van der Waals surface area contributed by atoms with Gasteiger partial charge in [0.15, 0.2) is 0 Å². The smallest absolute Gasteiger partial charge is 0.271 e. The fourth-order valence-electron chi connectivity index (χ4n) is 3.55. The molecule has 3 heterocycles. The first-order valence-electron chi connectivity index (χ1n) is 9.87. The lowest BCUT2D eigenvalue weighted by molar-refractivity contribution is -0.126. The molecule has 0 spiro atoms. The zero-order valence-corrected chi connectivity index (χ0v) is 16.3. The van der Waals surface area contributed by atoms with Gasteiger partial charge in [0.2, 0.25) is 5.91 Å². The monoisotopic (exact) mass is 407 g/mol. The molecule has 0 radical (unpaired) electrons. The van der Waals surface area contributed by atoms with Crippen molar-refractivity contribution in [2.45, 2.75) is 19.4 Å². The molecule has 0 saturated carbocycles. The van der Waals surface area contributed by atoms with E-state index in [-0.39, 0.29) is 23.5 Å². The van der Waals surface area contributed by atoms with Crippen molar-refractivity contribution >= 4 is 11.8 Å². The largest absolute Gasteiger partial charge is 0.352 e. The molecule has 30 heavy (non-hydrogen) atoms. The minimum atomic E-state index is -0.299. The summed E-state index contributed by atoms with van der Waals surface area (Å²) in [6.07, 6.45) is 4.56. The van der Waals surface area contributed by atoms with Crippen LogP contribution in [0.5, 0.6) is 0 Å². The van der Waals surface area contributed by atoms with E-state index in [1.54, 1.807) is 35.5 Å². The Morgan fingerprint density at radius 3 is 2.50 bits per heavy atom. The fourth-order valence-corrected chi connectivity index (χ4v) is 3.55. The highest BCUT2D eigenvalue weighted by molar-refractivity contribution is 5.93. The number of piperidine rings is 1. The molecule has 2 amide bonds. The molecule has 0 unspecified atom stereocenters. The first kappa shape index (κ1) is 19.8. The van der Waals surface area contributed by atoms with Crippen LogP contribution in [0.4, 0.5) is 4.39 Å². The summed E-state index contributed by atoms with van der Waals surface area (Å²) in [4.78, 5) is 30.9. The Hall–Kier alpha value is -3.55. The molecule has 154 valence electrons. The Morgan fingerprint density at radius 1 is 1.10 bits per heavy atom. The van der Waals surface area contributed by atoms with Crippen LogP contribution in [0.15, 0.2) is 54.9 Å². The van der Waals surface area contributed by atoms with E-state index >= 15 is 0 Å². The molecule has 1 fully saturated rings.